The third kappa shape index (κ3) is 1.88. The molecule has 0 radical (unpaired) electrons. The average molecular weight is 262 g/mol. The highest BCUT2D eigenvalue weighted by Gasteiger charge is 2.27. The maximum atomic E-state index is 5.83. The van der Waals surface area contributed by atoms with Gasteiger partial charge in [0.15, 0.2) is 11.6 Å². The molecule has 2 aromatic rings. The van der Waals surface area contributed by atoms with Gasteiger partial charge in [0.05, 0.1) is 12.2 Å². The van der Waals surface area contributed by atoms with Gasteiger partial charge >= 0.3 is 0 Å². The minimum atomic E-state index is 0.143. The smallest absolute Gasteiger partial charge is 0.224 e. The number of aromatic nitrogens is 2. The number of hydrogen-bond acceptors (Lipinski definition) is 4. The molecule has 0 aliphatic carbocycles. The lowest BCUT2D eigenvalue weighted by Gasteiger charge is -2.34. The van der Waals surface area contributed by atoms with Crippen LogP contribution in [0.15, 0.2) is 36.5 Å². The van der Waals surface area contributed by atoms with Crippen molar-refractivity contribution in [3.05, 3.63) is 47.4 Å². The number of halogens is 1. The van der Waals surface area contributed by atoms with E-state index in [9.17, 15) is 0 Å². The van der Waals surface area contributed by atoms with E-state index < -0.39 is 0 Å². The Bertz CT molecular complexity index is 561. The standard InChI is InChI=1S/C13H12ClN3O/c1-17-10(9-5-3-2-4-6-9)8-18-11-7-15-13(14)16-12(11)17/h2-7,10H,8H2,1H3/t10-/m1/s1. The molecule has 0 fully saturated rings. The Hall–Kier alpha value is -1.81. The molecule has 0 unspecified atom stereocenters. The van der Waals surface area contributed by atoms with Crippen LogP contribution in [0.25, 0.3) is 0 Å². The minimum Gasteiger partial charge on any atom is -0.486 e. The predicted octanol–water partition coefficient (Wildman–Crippen LogP) is 2.70. The van der Waals surface area contributed by atoms with Gasteiger partial charge in [0.2, 0.25) is 5.28 Å². The highest BCUT2D eigenvalue weighted by atomic mass is 35.5. The van der Waals surface area contributed by atoms with E-state index in [0.29, 0.717) is 12.4 Å². The van der Waals surface area contributed by atoms with Gasteiger partial charge in [-0.15, -0.1) is 0 Å². The fourth-order valence-electron chi connectivity index (χ4n) is 2.12. The number of benzene rings is 1. The fourth-order valence-corrected chi connectivity index (χ4v) is 2.25. The Morgan fingerprint density at radius 2 is 2.11 bits per heavy atom. The van der Waals surface area contributed by atoms with E-state index in [4.69, 9.17) is 16.3 Å². The van der Waals surface area contributed by atoms with Crippen molar-refractivity contribution in [2.24, 2.45) is 0 Å². The number of nitrogens with zero attached hydrogens (tertiary/aromatic N) is 3. The van der Waals surface area contributed by atoms with Crippen molar-refractivity contribution in [1.29, 1.82) is 0 Å². The van der Waals surface area contributed by atoms with Gasteiger partial charge < -0.3 is 9.64 Å². The summed E-state index contributed by atoms with van der Waals surface area (Å²) >= 11 is 5.83. The second-order valence-electron chi connectivity index (χ2n) is 4.18. The van der Waals surface area contributed by atoms with Gasteiger partial charge in [-0.1, -0.05) is 30.3 Å². The Balaban J connectivity index is 1.99. The van der Waals surface area contributed by atoms with Crippen LogP contribution >= 0.6 is 11.6 Å². The first-order valence-electron chi connectivity index (χ1n) is 5.69. The quantitative estimate of drug-likeness (QED) is 0.740. The van der Waals surface area contributed by atoms with Crippen LogP contribution in [-0.4, -0.2) is 23.6 Å². The fraction of sp³-hybridized carbons (Fsp3) is 0.231. The van der Waals surface area contributed by atoms with E-state index >= 15 is 0 Å². The molecule has 1 aromatic heterocycles. The Labute approximate surface area is 110 Å². The number of fused-ring (bicyclic) bond motifs is 1. The third-order valence-electron chi connectivity index (χ3n) is 3.09. The van der Waals surface area contributed by atoms with Crippen molar-refractivity contribution in [3.63, 3.8) is 0 Å². The third-order valence-corrected chi connectivity index (χ3v) is 3.27. The second-order valence-corrected chi connectivity index (χ2v) is 4.51. The van der Waals surface area contributed by atoms with Gasteiger partial charge in [-0.2, -0.15) is 4.98 Å². The van der Waals surface area contributed by atoms with Crippen molar-refractivity contribution >= 4 is 17.4 Å². The van der Waals surface area contributed by atoms with Gasteiger partial charge in [-0.05, 0) is 17.2 Å². The Kier molecular flexibility index (Phi) is 2.80. The van der Waals surface area contributed by atoms with E-state index in [0.717, 1.165) is 5.82 Å². The molecule has 92 valence electrons. The molecule has 0 bridgehead atoms. The van der Waals surface area contributed by atoms with Crippen LogP contribution in [-0.2, 0) is 0 Å². The Morgan fingerprint density at radius 1 is 1.33 bits per heavy atom. The zero-order valence-electron chi connectivity index (χ0n) is 9.88. The topological polar surface area (TPSA) is 38.2 Å². The van der Waals surface area contributed by atoms with Crippen LogP contribution in [0.5, 0.6) is 5.75 Å². The molecule has 0 saturated carbocycles. The van der Waals surface area contributed by atoms with E-state index in [1.807, 2.05) is 25.2 Å². The van der Waals surface area contributed by atoms with Gasteiger partial charge in [0.25, 0.3) is 0 Å². The van der Waals surface area contributed by atoms with Crippen LogP contribution in [0, 0.1) is 0 Å². The highest BCUT2D eigenvalue weighted by molar-refractivity contribution is 6.28. The van der Waals surface area contributed by atoms with Crippen LogP contribution < -0.4 is 9.64 Å². The predicted molar refractivity (Wildman–Crippen MR) is 70.1 cm³/mol. The normalized spacial score (nSPS) is 18.1. The number of anilines is 1. The van der Waals surface area contributed by atoms with E-state index in [1.54, 1.807) is 6.20 Å². The SMILES string of the molecule is CN1c2nc(Cl)ncc2OC[C@@H]1c1ccccc1. The van der Waals surface area contributed by atoms with Crippen molar-refractivity contribution in [2.75, 3.05) is 18.6 Å². The molecule has 1 atom stereocenters. The van der Waals surface area contributed by atoms with Crippen molar-refractivity contribution in [3.8, 4) is 5.75 Å². The summed E-state index contributed by atoms with van der Waals surface area (Å²) in [6.45, 7) is 0.582. The maximum absolute atomic E-state index is 5.83. The lowest BCUT2D eigenvalue weighted by Crippen LogP contribution is -2.34. The molecule has 0 N–H and O–H groups in total. The minimum absolute atomic E-state index is 0.143. The summed E-state index contributed by atoms with van der Waals surface area (Å²) in [6, 6.07) is 10.3. The van der Waals surface area contributed by atoms with E-state index in [1.165, 1.54) is 5.56 Å². The molecule has 4 nitrogen and oxygen atoms in total. The maximum Gasteiger partial charge on any atom is 0.224 e. The van der Waals surface area contributed by atoms with Gasteiger partial charge in [-0.25, -0.2) is 4.98 Å². The largest absolute Gasteiger partial charge is 0.486 e. The molecule has 5 heteroatoms. The summed E-state index contributed by atoms with van der Waals surface area (Å²) in [5.74, 6) is 1.41. The number of hydrogen-bond donors (Lipinski definition) is 0. The van der Waals surface area contributed by atoms with Gasteiger partial charge in [0, 0.05) is 7.05 Å². The monoisotopic (exact) mass is 261 g/mol. The van der Waals surface area contributed by atoms with Crippen molar-refractivity contribution in [2.45, 2.75) is 6.04 Å². The van der Waals surface area contributed by atoms with Crippen molar-refractivity contribution in [1.82, 2.24) is 9.97 Å². The zero-order valence-corrected chi connectivity index (χ0v) is 10.6. The summed E-state index contributed by atoms with van der Waals surface area (Å²) in [4.78, 5) is 10.2. The lowest BCUT2D eigenvalue weighted by atomic mass is 10.1. The Morgan fingerprint density at radius 3 is 2.89 bits per heavy atom. The van der Waals surface area contributed by atoms with Crippen molar-refractivity contribution < 1.29 is 4.74 Å². The zero-order chi connectivity index (χ0) is 12.5. The number of rotatable bonds is 1. The number of ether oxygens (including phenoxy) is 1. The first-order valence-corrected chi connectivity index (χ1v) is 6.06. The summed E-state index contributed by atoms with van der Waals surface area (Å²) in [5.41, 5.74) is 1.19. The van der Waals surface area contributed by atoms with Crippen LogP contribution in [0.3, 0.4) is 0 Å². The second kappa shape index (κ2) is 4.46. The first-order chi connectivity index (χ1) is 8.75. The summed E-state index contributed by atoms with van der Waals surface area (Å²) in [5, 5.41) is 0.234. The highest BCUT2D eigenvalue weighted by Crippen LogP contribution is 2.36. The lowest BCUT2D eigenvalue weighted by molar-refractivity contribution is 0.265. The molecular formula is C13H12ClN3O. The molecule has 0 amide bonds. The molecule has 0 spiro atoms. The van der Waals surface area contributed by atoms with Crippen LogP contribution in [0.2, 0.25) is 5.28 Å². The summed E-state index contributed by atoms with van der Waals surface area (Å²) in [7, 11) is 1.99. The molecule has 3 rings (SSSR count). The molecule has 2 heterocycles. The molecule has 1 aromatic carbocycles. The molecule has 1 aliphatic heterocycles. The van der Waals surface area contributed by atoms with Crippen LogP contribution in [0.1, 0.15) is 11.6 Å². The molecular weight excluding hydrogens is 250 g/mol. The summed E-state index contributed by atoms with van der Waals surface area (Å²) in [6.07, 6.45) is 1.61. The van der Waals surface area contributed by atoms with E-state index in [-0.39, 0.29) is 11.3 Å². The summed E-state index contributed by atoms with van der Waals surface area (Å²) < 4.78 is 5.69. The van der Waals surface area contributed by atoms with Gasteiger partial charge in [-0.3, -0.25) is 0 Å². The number of likely N-dealkylation sites (N-methyl/N-ethyl adjacent to an activating group) is 1. The van der Waals surface area contributed by atoms with E-state index in [2.05, 4.69) is 27.0 Å². The average Bonchev–Trinajstić information content (AvgIpc) is 2.41. The first kappa shape index (κ1) is 11.3. The van der Waals surface area contributed by atoms with Gasteiger partial charge in [0.1, 0.15) is 6.61 Å². The molecule has 18 heavy (non-hydrogen) atoms. The van der Waals surface area contributed by atoms with Crippen LogP contribution in [0.4, 0.5) is 5.82 Å². The molecule has 0 saturated heterocycles. The molecule has 1 aliphatic rings.